The van der Waals surface area contributed by atoms with Gasteiger partial charge in [-0.3, -0.25) is 9.59 Å². The minimum atomic E-state index is -1.13. The highest BCUT2D eigenvalue weighted by molar-refractivity contribution is 6.46. The van der Waals surface area contributed by atoms with Gasteiger partial charge >= 0.3 is 0 Å². The molecular weight excluding hydrogens is 422 g/mol. The SMILES string of the molecule is O=C1C(c2ccc(Cl)cc2)=C(N2CCc3ccccc32)C(=O)N1c1ccc(F)c(F)c1. The molecule has 0 N–H and O–H groups in total. The maximum Gasteiger partial charge on any atom is 0.282 e. The molecule has 0 aromatic heterocycles. The lowest BCUT2D eigenvalue weighted by Gasteiger charge is -2.22. The summed E-state index contributed by atoms with van der Waals surface area (Å²) in [5.41, 5.74) is 2.81. The summed E-state index contributed by atoms with van der Waals surface area (Å²) in [6, 6.07) is 17.2. The first kappa shape index (κ1) is 19.5. The predicted molar refractivity (Wildman–Crippen MR) is 115 cm³/mol. The Morgan fingerprint density at radius 2 is 1.58 bits per heavy atom. The van der Waals surface area contributed by atoms with E-state index in [1.807, 2.05) is 29.2 Å². The zero-order chi connectivity index (χ0) is 21.7. The molecule has 0 spiro atoms. The quantitative estimate of drug-likeness (QED) is 0.544. The van der Waals surface area contributed by atoms with E-state index in [1.54, 1.807) is 24.3 Å². The average Bonchev–Trinajstić information content (AvgIpc) is 3.29. The van der Waals surface area contributed by atoms with Crippen molar-refractivity contribution >= 4 is 40.4 Å². The van der Waals surface area contributed by atoms with Crippen LogP contribution in [0, 0.1) is 11.6 Å². The molecule has 0 radical (unpaired) electrons. The first-order chi connectivity index (χ1) is 15.0. The van der Waals surface area contributed by atoms with Gasteiger partial charge in [-0.05, 0) is 47.9 Å². The van der Waals surface area contributed by atoms with Crippen LogP contribution in [-0.2, 0) is 16.0 Å². The van der Waals surface area contributed by atoms with Gasteiger partial charge in [-0.25, -0.2) is 13.7 Å². The summed E-state index contributed by atoms with van der Waals surface area (Å²) in [5, 5.41) is 0.492. The third-order valence-electron chi connectivity index (χ3n) is 5.51. The van der Waals surface area contributed by atoms with Crippen molar-refractivity contribution in [1.82, 2.24) is 0 Å². The molecule has 2 aliphatic rings. The number of hydrogen-bond acceptors (Lipinski definition) is 3. The Morgan fingerprint density at radius 3 is 2.32 bits per heavy atom. The number of imide groups is 1. The topological polar surface area (TPSA) is 40.6 Å². The molecule has 3 aromatic rings. The molecule has 2 heterocycles. The van der Waals surface area contributed by atoms with Crippen molar-refractivity contribution in [3.8, 4) is 0 Å². The first-order valence-electron chi connectivity index (χ1n) is 9.65. The summed E-state index contributed by atoms with van der Waals surface area (Å²) < 4.78 is 27.3. The molecule has 4 nitrogen and oxygen atoms in total. The summed E-state index contributed by atoms with van der Waals surface area (Å²) in [6.45, 7) is 0.524. The van der Waals surface area contributed by atoms with Gasteiger partial charge in [-0.2, -0.15) is 0 Å². The van der Waals surface area contributed by atoms with Crippen LogP contribution in [0.5, 0.6) is 0 Å². The van der Waals surface area contributed by atoms with Crippen molar-refractivity contribution in [3.05, 3.63) is 100 Å². The van der Waals surface area contributed by atoms with E-state index < -0.39 is 23.4 Å². The molecule has 2 aliphatic heterocycles. The Labute approximate surface area is 182 Å². The highest BCUT2D eigenvalue weighted by Gasteiger charge is 2.44. The number of carbonyl (C=O) groups is 2. The minimum absolute atomic E-state index is 0.0251. The molecule has 0 saturated carbocycles. The second-order valence-corrected chi connectivity index (χ2v) is 7.74. The number of fused-ring (bicyclic) bond motifs is 1. The third kappa shape index (κ3) is 3.11. The highest BCUT2D eigenvalue weighted by Crippen LogP contribution is 2.40. The Bertz CT molecular complexity index is 1270. The van der Waals surface area contributed by atoms with Crippen LogP contribution in [-0.4, -0.2) is 18.4 Å². The molecular formula is C24H15ClF2N2O2. The molecule has 3 aromatic carbocycles. The molecule has 0 bridgehead atoms. The molecule has 0 unspecified atom stereocenters. The maximum absolute atomic E-state index is 13.9. The van der Waals surface area contributed by atoms with Gasteiger partial charge in [0, 0.05) is 23.3 Å². The molecule has 154 valence electrons. The highest BCUT2D eigenvalue weighted by atomic mass is 35.5. The van der Waals surface area contributed by atoms with Gasteiger partial charge in [-0.15, -0.1) is 0 Å². The lowest BCUT2D eigenvalue weighted by Crippen LogP contribution is -2.35. The van der Waals surface area contributed by atoms with E-state index in [4.69, 9.17) is 11.6 Å². The molecule has 0 aliphatic carbocycles. The van der Waals surface area contributed by atoms with Crippen LogP contribution in [0.2, 0.25) is 5.02 Å². The molecule has 0 saturated heterocycles. The summed E-state index contributed by atoms with van der Waals surface area (Å²) >= 11 is 6.00. The van der Waals surface area contributed by atoms with Crippen LogP contribution in [0.25, 0.3) is 5.57 Å². The minimum Gasteiger partial charge on any atom is -0.336 e. The number of benzene rings is 3. The number of halogens is 3. The normalized spacial score (nSPS) is 15.8. The van der Waals surface area contributed by atoms with Crippen LogP contribution in [0.1, 0.15) is 11.1 Å². The van der Waals surface area contributed by atoms with E-state index in [9.17, 15) is 18.4 Å². The van der Waals surface area contributed by atoms with E-state index in [1.165, 1.54) is 6.07 Å². The summed E-state index contributed by atoms with van der Waals surface area (Å²) in [4.78, 5) is 29.7. The maximum atomic E-state index is 13.9. The molecule has 7 heteroatoms. The smallest absolute Gasteiger partial charge is 0.282 e. The van der Waals surface area contributed by atoms with Crippen molar-refractivity contribution in [2.75, 3.05) is 16.3 Å². The van der Waals surface area contributed by atoms with E-state index in [0.29, 0.717) is 17.1 Å². The Balaban J connectivity index is 1.68. The zero-order valence-corrected chi connectivity index (χ0v) is 16.9. The predicted octanol–water partition coefficient (Wildman–Crippen LogP) is 4.97. The molecule has 31 heavy (non-hydrogen) atoms. The van der Waals surface area contributed by atoms with Gasteiger partial charge < -0.3 is 4.90 Å². The number of amides is 2. The second kappa shape index (κ2) is 7.32. The summed E-state index contributed by atoms with van der Waals surface area (Å²) in [7, 11) is 0. The number of para-hydroxylation sites is 1. The molecule has 0 fully saturated rings. The van der Waals surface area contributed by atoms with Crippen LogP contribution >= 0.6 is 11.6 Å². The fourth-order valence-corrected chi connectivity index (χ4v) is 4.20. The number of rotatable bonds is 3. The number of anilines is 2. The van der Waals surface area contributed by atoms with Crippen LogP contribution in [0.3, 0.4) is 0 Å². The van der Waals surface area contributed by atoms with E-state index in [0.717, 1.165) is 34.7 Å². The second-order valence-electron chi connectivity index (χ2n) is 7.30. The molecule has 0 atom stereocenters. The van der Waals surface area contributed by atoms with Crippen molar-refractivity contribution in [1.29, 1.82) is 0 Å². The summed E-state index contributed by atoms with van der Waals surface area (Å²) in [5.74, 6) is -3.37. The lowest BCUT2D eigenvalue weighted by atomic mass is 10.0. The van der Waals surface area contributed by atoms with E-state index in [2.05, 4.69) is 0 Å². The van der Waals surface area contributed by atoms with Gasteiger partial charge in [0.2, 0.25) is 0 Å². The first-order valence-corrected chi connectivity index (χ1v) is 10.0. The van der Waals surface area contributed by atoms with Gasteiger partial charge in [0.15, 0.2) is 11.6 Å². The Kier molecular flexibility index (Phi) is 4.59. The van der Waals surface area contributed by atoms with Gasteiger partial charge in [-0.1, -0.05) is 41.9 Å². The van der Waals surface area contributed by atoms with E-state index >= 15 is 0 Å². The van der Waals surface area contributed by atoms with Crippen molar-refractivity contribution in [2.45, 2.75) is 6.42 Å². The van der Waals surface area contributed by atoms with Crippen LogP contribution in [0.15, 0.2) is 72.4 Å². The van der Waals surface area contributed by atoms with Crippen LogP contribution in [0.4, 0.5) is 20.2 Å². The molecule has 5 rings (SSSR count). The number of hydrogen-bond donors (Lipinski definition) is 0. The fourth-order valence-electron chi connectivity index (χ4n) is 4.07. The van der Waals surface area contributed by atoms with Crippen LogP contribution < -0.4 is 9.80 Å². The third-order valence-corrected chi connectivity index (χ3v) is 5.76. The van der Waals surface area contributed by atoms with Crippen molar-refractivity contribution < 1.29 is 18.4 Å². The molecule has 2 amide bonds. The Morgan fingerprint density at radius 1 is 0.839 bits per heavy atom. The lowest BCUT2D eigenvalue weighted by molar-refractivity contribution is -0.120. The monoisotopic (exact) mass is 436 g/mol. The standard InChI is InChI=1S/C24H15ClF2N2O2/c25-16-7-5-15(6-8-16)21-22(28-12-11-14-3-1-2-4-20(14)28)24(31)29(23(21)30)17-9-10-18(26)19(27)13-17/h1-10,13H,11-12H2. The van der Waals surface area contributed by atoms with Gasteiger partial charge in [0.1, 0.15) is 5.70 Å². The Hall–Kier alpha value is -3.51. The van der Waals surface area contributed by atoms with E-state index in [-0.39, 0.29) is 17.0 Å². The van der Waals surface area contributed by atoms with Gasteiger partial charge in [0.25, 0.3) is 11.8 Å². The average molecular weight is 437 g/mol. The number of nitrogens with zero attached hydrogens (tertiary/aromatic N) is 2. The largest absolute Gasteiger partial charge is 0.336 e. The van der Waals surface area contributed by atoms with Crippen molar-refractivity contribution in [2.24, 2.45) is 0 Å². The fraction of sp³-hybridized carbons (Fsp3) is 0.0833. The van der Waals surface area contributed by atoms with Crippen molar-refractivity contribution in [3.63, 3.8) is 0 Å². The number of carbonyl (C=O) groups excluding carboxylic acids is 2. The zero-order valence-electron chi connectivity index (χ0n) is 16.1. The van der Waals surface area contributed by atoms with Gasteiger partial charge in [0.05, 0.1) is 11.3 Å². The summed E-state index contributed by atoms with van der Waals surface area (Å²) in [6.07, 6.45) is 0.722.